The van der Waals surface area contributed by atoms with Gasteiger partial charge in [-0.1, -0.05) is 54.6 Å². The molecule has 1 heterocycles. The molecule has 0 aromatic heterocycles. The molecule has 1 saturated heterocycles. The van der Waals surface area contributed by atoms with Gasteiger partial charge in [0.1, 0.15) is 10.1 Å². The first-order valence-electron chi connectivity index (χ1n) is 10.1. The van der Waals surface area contributed by atoms with Crippen LogP contribution in [0.2, 0.25) is 5.02 Å². The predicted octanol–water partition coefficient (Wildman–Crippen LogP) is 5.64. The maximum absolute atomic E-state index is 11.9. The van der Waals surface area contributed by atoms with Crippen LogP contribution in [-0.2, 0) is 11.2 Å². The van der Waals surface area contributed by atoms with Gasteiger partial charge in [0.2, 0.25) is 0 Å². The maximum atomic E-state index is 11.9. The minimum absolute atomic E-state index is 0.214. The Morgan fingerprint density at radius 2 is 1.84 bits per heavy atom. The highest BCUT2D eigenvalue weighted by molar-refractivity contribution is 8.26. The average molecular weight is 478 g/mol. The van der Waals surface area contributed by atoms with Gasteiger partial charge in [-0.25, -0.2) is 0 Å². The van der Waals surface area contributed by atoms with Crippen LogP contribution < -0.4 is 19.5 Å². The van der Waals surface area contributed by atoms with E-state index in [1.807, 2.05) is 19.1 Å². The summed E-state index contributed by atoms with van der Waals surface area (Å²) in [7, 11) is 0. The largest absolute Gasteiger partial charge is 0.493 e. The number of carbonyl (C=O) groups is 1. The normalized spacial score (nSPS) is 14.6. The molecular weight excluding hydrogens is 454 g/mol. The molecule has 1 N–H and O–H groups in total. The van der Waals surface area contributed by atoms with E-state index in [0.29, 0.717) is 52.0 Å². The fraction of sp³-hybridized carbons (Fsp3) is 0.304. The van der Waals surface area contributed by atoms with E-state index in [1.165, 1.54) is 17.3 Å². The van der Waals surface area contributed by atoms with E-state index in [9.17, 15) is 4.79 Å². The van der Waals surface area contributed by atoms with Gasteiger partial charge in [-0.05, 0) is 54.8 Å². The molecule has 0 atom stereocenters. The van der Waals surface area contributed by atoms with Gasteiger partial charge >= 0.3 is 0 Å². The fourth-order valence-corrected chi connectivity index (χ4v) is 4.21. The lowest BCUT2D eigenvalue weighted by atomic mass is 10.2. The number of ether oxygens (including phenoxy) is 3. The fourth-order valence-electron chi connectivity index (χ4n) is 2.89. The van der Waals surface area contributed by atoms with Gasteiger partial charge in [-0.3, -0.25) is 4.79 Å². The lowest BCUT2D eigenvalue weighted by Crippen LogP contribution is -2.17. The minimum atomic E-state index is -0.214. The van der Waals surface area contributed by atoms with Crippen LogP contribution in [-0.4, -0.2) is 30.0 Å². The van der Waals surface area contributed by atoms with E-state index >= 15 is 0 Å². The summed E-state index contributed by atoms with van der Waals surface area (Å²) >= 11 is 12.7. The second kappa shape index (κ2) is 11.4. The number of hydrogen-bond donors (Lipinski definition) is 1. The van der Waals surface area contributed by atoms with Crippen LogP contribution in [0.3, 0.4) is 0 Å². The van der Waals surface area contributed by atoms with Crippen LogP contribution in [0.15, 0.2) is 41.3 Å². The quantitative estimate of drug-likeness (QED) is 0.271. The van der Waals surface area contributed by atoms with Gasteiger partial charge in [0.25, 0.3) is 5.91 Å². The number of amides is 1. The van der Waals surface area contributed by atoms with E-state index in [1.54, 1.807) is 18.2 Å². The van der Waals surface area contributed by atoms with Crippen LogP contribution >= 0.6 is 35.6 Å². The highest BCUT2D eigenvalue weighted by Crippen LogP contribution is 2.38. The summed E-state index contributed by atoms with van der Waals surface area (Å²) in [5.41, 5.74) is 2.02. The Kier molecular flexibility index (Phi) is 8.63. The Balaban J connectivity index is 1.60. The van der Waals surface area contributed by atoms with Crippen molar-refractivity contribution in [3.05, 3.63) is 57.5 Å². The number of halogens is 1. The zero-order valence-corrected chi connectivity index (χ0v) is 19.8. The zero-order chi connectivity index (χ0) is 22.2. The number of rotatable bonds is 10. The molecule has 2 aromatic carbocycles. The molecule has 1 aliphatic rings. The van der Waals surface area contributed by atoms with Gasteiger partial charge in [-0.2, -0.15) is 0 Å². The van der Waals surface area contributed by atoms with Gasteiger partial charge in [0.15, 0.2) is 11.5 Å². The SMILES string of the molecule is CCOc1cc(C=C2SC(=S)NC2=O)cc(Cl)c1OCCCOc1ccc(CC)cc1. The van der Waals surface area contributed by atoms with Crippen LogP contribution in [0.25, 0.3) is 6.08 Å². The van der Waals surface area contributed by atoms with E-state index in [0.717, 1.165) is 17.7 Å². The average Bonchev–Trinajstić information content (AvgIpc) is 3.06. The lowest BCUT2D eigenvalue weighted by Gasteiger charge is -2.15. The third-order valence-electron chi connectivity index (χ3n) is 4.41. The minimum Gasteiger partial charge on any atom is -0.493 e. The van der Waals surface area contributed by atoms with Crippen molar-refractivity contribution in [1.29, 1.82) is 0 Å². The highest BCUT2D eigenvalue weighted by atomic mass is 35.5. The molecule has 0 radical (unpaired) electrons. The summed E-state index contributed by atoms with van der Waals surface area (Å²) in [6, 6.07) is 11.6. The van der Waals surface area contributed by atoms with Crippen molar-refractivity contribution in [3.63, 3.8) is 0 Å². The molecule has 5 nitrogen and oxygen atoms in total. The number of hydrogen-bond acceptors (Lipinski definition) is 6. The monoisotopic (exact) mass is 477 g/mol. The first-order valence-corrected chi connectivity index (χ1v) is 11.7. The molecule has 0 saturated carbocycles. The number of carbonyl (C=O) groups excluding carboxylic acids is 1. The van der Waals surface area contributed by atoms with Crippen molar-refractivity contribution in [2.75, 3.05) is 19.8 Å². The molecule has 0 aliphatic carbocycles. The van der Waals surface area contributed by atoms with Gasteiger partial charge < -0.3 is 19.5 Å². The summed E-state index contributed by atoms with van der Waals surface area (Å²) in [6.45, 7) is 5.43. The predicted molar refractivity (Wildman–Crippen MR) is 130 cm³/mol. The second-order valence-corrected chi connectivity index (χ2v) is 8.79. The van der Waals surface area contributed by atoms with Crippen molar-refractivity contribution in [2.45, 2.75) is 26.7 Å². The van der Waals surface area contributed by atoms with E-state index in [-0.39, 0.29) is 5.91 Å². The van der Waals surface area contributed by atoms with Gasteiger partial charge in [0, 0.05) is 6.42 Å². The Labute approximate surface area is 197 Å². The van der Waals surface area contributed by atoms with Crippen molar-refractivity contribution in [1.82, 2.24) is 5.32 Å². The topological polar surface area (TPSA) is 56.8 Å². The molecule has 8 heteroatoms. The standard InChI is InChI=1S/C23H24ClNO4S2/c1-3-15-6-8-17(9-7-15)28-10-5-11-29-21-18(24)12-16(13-19(21)27-4-2)14-20-22(26)25-23(30)31-20/h6-9,12-14H,3-5,10-11H2,1-2H3,(H,25,26,30). The summed E-state index contributed by atoms with van der Waals surface area (Å²) in [4.78, 5) is 12.4. The highest BCUT2D eigenvalue weighted by Gasteiger charge is 2.22. The first kappa shape index (κ1) is 23.4. The summed E-state index contributed by atoms with van der Waals surface area (Å²) < 4.78 is 17.8. The van der Waals surface area contributed by atoms with E-state index < -0.39 is 0 Å². The zero-order valence-electron chi connectivity index (χ0n) is 17.4. The molecule has 0 bridgehead atoms. The maximum Gasteiger partial charge on any atom is 0.263 e. The van der Waals surface area contributed by atoms with Crippen LogP contribution in [0.1, 0.15) is 31.4 Å². The molecule has 164 valence electrons. The van der Waals surface area contributed by atoms with Gasteiger partial charge in [-0.15, -0.1) is 0 Å². The van der Waals surface area contributed by atoms with Crippen LogP contribution in [0.4, 0.5) is 0 Å². The van der Waals surface area contributed by atoms with Crippen molar-refractivity contribution >= 4 is 51.9 Å². The summed E-state index contributed by atoms with van der Waals surface area (Å²) in [6.07, 6.45) is 3.43. The summed E-state index contributed by atoms with van der Waals surface area (Å²) in [5, 5.41) is 3.01. The Bertz CT molecular complexity index is 976. The van der Waals surface area contributed by atoms with Crippen molar-refractivity contribution in [3.8, 4) is 17.2 Å². The molecular formula is C23H24ClNO4S2. The first-order chi connectivity index (χ1) is 15.0. The smallest absolute Gasteiger partial charge is 0.263 e. The van der Waals surface area contributed by atoms with Crippen molar-refractivity contribution < 1.29 is 19.0 Å². The number of thioether (sulfide) groups is 1. The number of aryl methyl sites for hydroxylation is 1. The van der Waals surface area contributed by atoms with Crippen LogP contribution in [0.5, 0.6) is 17.2 Å². The molecule has 0 spiro atoms. The second-order valence-electron chi connectivity index (χ2n) is 6.66. The van der Waals surface area contributed by atoms with Crippen molar-refractivity contribution in [2.24, 2.45) is 0 Å². The number of nitrogens with one attached hydrogen (secondary N) is 1. The Hall–Kier alpha value is -2.22. The lowest BCUT2D eigenvalue weighted by molar-refractivity contribution is -0.115. The van der Waals surface area contributed by atoms with Crippen LogP contribution in [0, 0.1) is 0 Å². The third kappa shape index (κ3) is 6.63. The summed E-state index contributed by atoms with van der Waals surface area (Å²) in [5.74, 6) is 1.64. The molecule has 1 fully saturated rings. The number of benzene rings is 2. The molecule has 2 aromatic rings. The number of thiocarbonyl (C=S) groups is 1. The molecule has 3 rings (SSSR count). The molecule has 31 heavy (non-hydrogen) atoms. The molecule has 0 unspecified atom stereocenters. The molecule has 1 aliphatic heterocycles. The molecule has 1 amide bonds. The van der Waals surface area contributed by atoms with E-state index in [4.69, 9.17) is 38.0 Å². The third-order valence-corrected chi connectivity index (χ3v) is 5.85. The Morgan fingerprint density at radius 3 is 2.48 bits per heavy atom. The Morgan fingerprint density at radius 1 is 1.10 bits per heavy atom. The van der Waals surface area contributed by atoms with Gasteiger partial charge in [0.05, 0.1) is 29.7 Å². The van der Waals surface area contributed by atoms with E-state index in [2.05, 4.69) is 24.4 Å².